The molecule has 1 unspecified atom stereocenters. The quantitative estimate of drug-likeness (QED) is 0.859. The molecule has 3 heterocycles. The van der Waals surface area contributed by atoms with E-state index in [9.17, 15) is 9.59 Å². The number of pyridine rings is 1. The maximum Gasteiger partial charge on any atom is 0.263 e. The Morgan fingerprint density at radius 3 is 2.72 bits per heavy atom. The summed E-state index contributed by atoms with van der Waals surface area (Å²) in [5, 5.41) is 0.538. The summed E-state index contributed by atoms with van der Waals surface area (Å²) >= 11 is 0. The van der Waals surface area contributed by atoms with E-state index in [1.165, 1.54) is 10.9 Å². The Morgan fingerprint density at radius 1 is 1.20 bits per heavy atom. The van der Waals surface area contributed by atoms with E-state index in [4.69, 9.17) is 0 Å². The van der Waals surface area contributed by atoms with Gasteiger partial charge in [-0.15, -0.1) is 0 Å². The summed E-state index contributed by atoms with van der Waals surface area (Å²) in [7, 11) is 0. The molecular formula is C19H24N4O2. The van der Waals surface area contributed by atoms with Gasteiger partial charge in [0.05, 0.1) is 5.39 Å². The standard InChI is InChI=1S/C19H24N4O2/c1-2-16(19(25)22-9-5-6-10-22)23-12-20-17-14(18(23)24)11-13-7-3-4-8-15(13)21-17/h11-12,16H,2-10H2,1H3. The highest BCUT2D eigenvalue weighted by Crippen LogP contribution is 2.23. The van der Waals surface area contributed by atoms with Crippen LogP contribution >= 0.6 is 0 Å². The van der Waals surface area contributed by atoms with Crippen LogP contribution in [0.2, 0.25) is 0 Å². The average molecular weight is 340 g/mol. The Kier molecular flexibility index (Phi) is 4.27. The van der Waals surface area contributed by atoms with Gasteiger partial charge in [-0.05, 0) is 56.6 Å². The van der Waals surface area contributed by atoms with Gasteiger partial charge >= 0.3 is 0 Å². The molecule has 2 aromatic heterocycles. The third-order valence-corrected chi connectivity index (χ3v) is 5.48. The molecule has 1 saturated heterocycles. The zero-order valence-electron chi connectivity index (χ0n) is 14.7. The average Bonchev–Trinajstić information content (AvgIpc) is 3.17. The summed E-state index contributed by atoms with van der Waals surface area (Å²) in [5.74, 6) is 0.0363. The normalized spacial score (nSPS) is 18.4. The van der Waals surface area contributed by atoms with Crippen molar-refractivity contribution in [3.8, 4) is 0 Å². The second kappa shape index (κ2) is 6.58. The first kappa shape index (κ1) is 16.2. The molecule has 1 amide bonds. The molecule has 0 N–H and O–H groups in total. The molecule has 1 fully saturated rings. The van der Waals surface area contributed by atoms with Crippen LogP contribution in [0.3, 0.4) is 0 Å². The molecule has 6 nitrogen and oxygen atoms in total. The minimum absolute atomic E-state index is 0.0363. The number of hydrogen-bond donors (Lipinski definition) is 0. The fourth-order valence-corrected chi connectivity index (χ4v) is 4.05. The summed E-state index contributed by atoms with van der Waals surface area (Å²) in [5.41, 5.74) is 2.59. The molecule has 132 valence electrons. The van der Waals surface area contributed by atoms with Crippen molar-refractivity contribution in [1.29, 1.82) is 0 Å². The lowest BCUT2D eigenvalue weighted by Crippen LogP contribution is -2.39. The van der Waals surface area contributed by atoms with Crippen LogP contribution in [0.1, 0.15) is 56.3 Å². The van der Waals surface area contributed by atoms with E-state index in [1.54, 1.807) is 0 Å². The monoisotopic (exact) mass is 340 g/mol. The number of carbonyl (C=O) groups is 1. The second-order valence-corrected chi connectivity index (χ2v) is 7.09. The van der Waals surface area contributed by atoms with Gasteiger partial charge in [0.1, 0.15) is 12.4 Å². The van der Waals surface area contributed by atoms with E-state index in [-0.39, 0.29) is 11.5 Å². The van der Waals surface area contributed by atoms with Crippen LogP contribution in [0, 0.1) is 0 Å². The maximum atomic E-state index is 13.0. The van der Waals surface area contributed by atoms with Gasteiger partial charge in [-0.25, -0.2) is 9.97 Å². The van der Waals surface area contributed by atoms with Crippen molar-refractivity contribution in [2.45, 2.75) is 57.9 Å². The van der Waals surface area contributed by atoms with Gasteiger partial charge in [0, 0.05) is 18.8 Å². The minimum atomic E-state index is -0.474. The Hall–Kier alpha value is -2.24. The van der Waals surface area contributed by atoms with Gasteiger partial charge < -0.3 is 4.90 Å². The molecule has 1 atom stereocenters. The molecule has 2 aromatic rings. The highest BCUT2D eigenvalue weighted by atomic mass is 16.2. The van der Waals surface area contributed by atoms with Crippen molar-refractivity contribution in [3.63, 3.8) is 0 Å². The van der Waals surface area contributed by atoms with E-state index >= 15 is 0 Å². The molecule has 0 bridgehead atoms. The number of aryl methyl sites for hydroxylation is 2. The fraction of sp³-hybridized carbons (Fsp3) is 0.579. The van der Waals surface area contributed by atoms with Crippen LogP contribution in [-0.4, -0.2) is 38.4 Å². The minimum Gasteiger partial charge on any atom is -0.341 e. The Labute approximate surface area is 146 Å². The second-order valence-electron chi connectivity index (χ2n) is 7.09. The molecule has 0 spiro atoms. The van der Waals surface area contributed by atoms with Crippen molar-refractivity contribution < 1.29 is 4.79 Å². The number of amides is 1. The molecule has 0 radical (unpaired) electrons. The molecule has 25 heavy (non-hydrogen) atoms. The van der Waals surface area contributed by atoms with E-state index in [0.717, 1.165) is 62.9 Å². The first-order chi connectivity index (χ1) is 12.2. The third-order valence-electron chi connectivity index (χ3n) is 5.48. The third kappa shape index (κ3) is 2.83. The first-order valence-electron chi connectivity index (χ1n) is 9.37. The molecule has 2 aliphatic rings. The number of hydrogen-bond acceptors (Lipinski definition) is 4. The van der Waals surface area contributed by atoms with Gasteiger partial charge in [-0.3, -0.25) is 14.2 Å². The van der Waals surface area contributed by atoms with Crippen LogP contribution in [0.4, 0.5) is 0 Å². The lowest BCUT2D eigenvalue weighted by atomic mass is 9.95. The number of fused-ring (bicyclic) bond motifs is 2. The largest absolute Gasteiger partial charge is 0.341 e. The van der Waals surface area contributed by atoms with Crippen molar-refractivity contribution in [1.82, 2.24) is 19.4 Å². The number of aromatic nitrogens is 3. The van der Waals surface area contributed by atoms with Crippen LogP contribution < -0.4 is 5.56 Å². The Morgan fingerprint density at radius 2 is 1.96 bits per heavy atom. The lowest BCUT2D eigenvalue weighted by Gasteiger charge is -2.24. The van der Waals surface area contributed by atoms with Crippen molar-refractivity contribution in [2.75, 3.05) is 13.1 Å². The number of carbonyl (C=O) groups excluding carboxylic acids is 1. The van der Waals surface area contributed by atoms with Crippen LogP contribution in [0.25, 0.3) is 11.0 Å². The highest BCUT2D eigenvalue weighted by Gasteiger charge is 2.28. The molecule has 1 aliphatic heterocycles. The lowest BCUT2D eigenvalue weighted by molar-refractivity contribution is -0.133. The zero-order valence-corrected chi connectivity index (χ0v) is 14.7. The van der Waals surface area contributed by atoms with Crippen molar-refractivity contribution in [2.24, 2.45) is 0 Å². The molecular weight excluding hydrogens is 316 g/mol. The smallest absolute Gasteiger partial charge is 0.263 e. The summed E-state index contributed by atoms with van der Waals surface area (Å²) < 4.78 is 1.51. The van der Waals surface area contributed by atoms with Crippen LogP contribution in [-0.2, 0) is 17.6 Å². The summed E-state index contributed by atoms with van der Waals surface area (Å²) in [6.45, 7) is 3.53. The predicted octanol–water partition coefficient (Wildman–Crippen LogP) is 2.24. The maximum absolute atomic E-state index is 13.0. The fourth-order valence-electron chi connectivity index (χ4n) is 4.05. The van der Waals surface area contributed by atoms with Gasteiger partial charge in [0.25, 0.3) is 5.56 Å². The van der Waals surface area contributed by atoms with Gasteiger partial charge in [0.15, 0.2) is 5.65 Å². The summed E-state index contributed by atoms with van der Waals surface area (Å²) in [4.78, 5) is 36.8. The zero-order chi connectivity index (χ0) is 17.4. The number of likely N-dealkylation sites (tertiary alicyclic amines) is 1. The summed E-state index contributed by atoms with van der Waals surface area (Å²) in [6, 6.07) is 1.48. The molecule has 6 heteroatoms. The molecule has 4 rings (SSSR count). The van der Waals surface area contributed by atoms with E-state index in [1.807, 2.05) is 17.9 Å². The predicted molar refractivity (Wildman–Crippen MR) is 95.6 cm³/mol. The van der Waals surface area contributed by atoms with Crippen molar-refractivity contribution >= 4 is 16.9 Å². The van der Waals surface area contributed by atoms with Crippen molar-refractivity contribution in [3.05, 3.63) is 34.0 Å². The highest BCUT2D eigenvalue weighted by molar-refractivity contribution is 5.81. The first-order valence-corrected chi connectivity index (χ1v) is 9.37. The van der Waals surface area contributed by atoms with Crippen LogP contribution in [0.5, 0.6) is 0 Å². The van der Waals surface area contributed by atoms with E-state index in [0.29, 0.717) is 17.5 Å². The topological polar surface area (TPSA) is 68.1 Å². The molecule has 1 aliphatic carbocycles. The molecule has 0 aromatic carbocycles. The summed E-state index contributed by atoms with van der Waals surface area (Å²) in [6.07, 6.45) is 8.39. The van der Waals surface area contributed by atoms with Gasteiger partial charge in [-0.2, -0.15) is 0 Å². The number of rotatable bonds is 3. The Balaban J connectivity index is 1.77. The Bertz CT molecular complexity index is 868. The SMILES string of the molecule is CCC(C(=O)N1CCCC1)n1cnc2nc3c(cc2c1=O)CCCC3. The molecule has 0 saturated carbocycles. The van der Waals surface area contributed by atoms with Crippen LogP contribution in [0.15, 0.2) is 17.2 Å². The van der Waals surface area contributed by atoms with E-state index < -0.39 is 6.04 Å². The van der Waals surface area contributed by atoms with Gasteiger partial charge in [-0.1, -0.05) is 6.92 Å². The van der Waals surface area contributed by atoms with E-state index in [2.05, 4.69) is 9.97 Å². The van der Waals surface area contributed by atoms with Gasteiger partial charge in [0.2, 0.25) is 5.91 Å². The number of nitrogens with zero attached hydrogens (tertiary/aromatic N) is 4.